The number of likely N-dealkylation sites (tertiary alicyclic amines) is 1. The predicted octanol–water partition coefficient (Wildman–Crippen LogP) is 3.48. The van der Waals surface area contributed by atoms with Gasteiger partial charge in [0.05, 0.1) is 16.9 Å². The van der Waals surface area contributed by atoms with Crippen LogP contribution in [-0.2, 0) is 21.2 Å². The molecule has 1 aromatic carbocycles. The van der Waals surface area contributed by atoms with Gasteiger partial charge in [-0.15, -0.1) is 12.4 Å². The van der Waals surface area contributed by atoms with Crippen molar-refractivity contribution in [1.82, 2.24) is 4.90 Å². The van der Waals surface area contributed by atoms with Crippen molar-refractivity contribution in [2.45, 2.75) is 37.3 Å². The van der Waals surface area contributed by atoms with Gasteiger partial charge in [0.15, 0.2) is 0 Å². The van der Waals surface area contributed by atoms with Gasteiger partial charge >= 0.3 is 12.1 Å². The van der Waals surface area contributed by atoms with Crippen LogP contribution < -0.4 is 0 Å². The number of rotatable bonds is 3. The SMILES string of the molecule is Cl.O=C(O)C1CCN(C(=O)C2(c3cccc(C(F)(F)F)c3)CCC2)C1. The van der Waals surface area contributed by atoms with Crippen molar-refractivity contribution in [3.63, 3.8) is 0 Å². The van der Waals surface area contributed by atoms with E-state index in [0.717, 1.165) is 18.6 Å². The fraction of sp³-hybridized carbons (Fsp3) is 0.529. The Morgan fingerprint density at radius 3 is 2.40 bits per heavy atom. The molecule has 0 aromatic heterocycles. The maximum absolute atomic E-state index is 13.0. The lowest BCUT2D eigenvalue weighted by Crippen LogP contribution is -2.50. The second-order valence-electron chi connectivity index (χ2n) is 6.59. The molecule has 0 bridgehead atoms. The average Bonchev–Trinajstić information content (AvgIpc) is 2.95. The number of carboxylic acid groups (broad SMARTS) is 1. The van der Waals surface area contributed by atoms with Crippen molar-refractivity contribution in [3.05, 3.63) is 35.4 Å². The molecule has 1 saturated heterocycles. The van der Waals surface area contributed by atoms with E-state index < -0.39 is 29.0 Å². The van der Waals surface area contributed by atoms with E-state index in [4.69, 9.17) is 5.11 Å². The molecule has 2 aliphatic rings. The molecule has 2 fully saturated rings. The van der Waals surface area contributed by atoms with E-state index in [9.17, 15) is 22.8 Å². The molecule has 0 spiro atoms. The normalized spacial score (nSPS) is 22.0. The lowest BCUT2D eigenvalue weighted by molar-refractivity contribution is -0.143. The molecule has 1 atom stereocenters. The lowest BCUT2D eigenvalue weighted by atomic mass is 9.63. The Balaban J connectivity index is 0.00000225. The zero-order valence-corrected chi connectivity index (χ0v) is 14.2. The molecular formula is C17H19ClF3NO3. The Hall–Kier alpha value is -1.76. The number of hydrogen-bond acceptors (Lipinski definition) is 2. The van der Waals surface area contributed by atoms with Crippen LogP contribution in [0.5, 0.6) is 0 Å². The molecule has 138 valence electrons. The van der Waals surface area contributed by atoms with Crippen LogP contribution in [0.2, 0.25) is 0 Å². The van der Waals surface area contributed by atoms with Gasteiger partial charge in [0.25, 0.3) is 0 Å². The smallest absolute Gasteiger partial charge is 0.416 e. The third-order valence-electron chi connectivity index (χ3n) is 5.18. The summed E-state index contributed by atoms with van der Waals surface area (Å²) in [6.45, 7) is 0.478. The number of nitrogens with zero attached hydrogens (tertiary/aromatic N) is 1. The number of aliphatic carboxylic acids is 1. The second kappa shape index (κ2) is 6.86. The number of halogens is 4. The second-order valence-corrected chi connectivity index (χ2v) is 6.59. The van der Waals surface area contributed by atoms with Gasteiger partial charge in [0, 0.05) is 13.1 Å². The molecule has 1 aromatic rings. The zero-order valence-electron chi connectivity index (χ0n) is 13.4. The highest BCUT2D eigenvalue weighted by atomic mass is 35.5. The van der Waals surface area contributed by atoms with Crippen molar-refractivity contribution in [2.24, 2.45) is 5.92 Å². The Morgan fingerprint density at radius 1 is 1.24 bits per heavy atom. The number of carboxylic acids is 1. The van der Waals surface area contributed by atoms with E-state index in [1.54, 1.807) is 6.07 Å². The van der Waals surface area contributed by atoms with Gasteiger partial charge in [-0.2, -0.15) is 13.2 Å². The zero-order chi connectivity index (χ0) is 17.5. The van der Waals surface area contributed by atoms with E-state index in [0.29, 0.717) is 31.4 Å². The Labute approximate surface area is 149 Å². The van der Waals surface area contributed by atoms with Crippen LogP contribution in [0.25, 0.3) is 0 Å². The van der Waals surface area contributed by atoms with E-state index in [-0.39, 0.29) is 24.9 Å². The predicted molar refractivity (Wildman–Crippen MR) is 86.5 cm³/mol. The summed E-state index contributed by atoms with van der Waals surface area (Å²) in [4.78, 5) is 25.5. The molecule has 25 heavy (non-hydrogen) atoms. The summed E-state index contributed by atoms with van der Waals surface area (Å²) in [5.74, 6) is -1.77. The van der Waals surface area contributed by atoms with Crippen LogP contribution in [0.1, 0.15) is 36.8 Å². The number of amides is 1. The summed E-state index contributed by atoms with van der Waals surface area (Å²) in [5.41, 5.74) is -1.31. The largest absolute Gasteiger partial charge is 0.481 e. The molecule has 3 rings (SSSR count). The molecule has 8 heteroatoms. The molecule has 1 unspecified atom stereocenters. The van der Waals surface area contributed by atoms with E-state index in [2.05, 4.69) is 0 Å². The summed E-state index contributed by atoms with van der Waals surface area (Å²) in [7, 11) is 0. The minimum atomic E-state index is -4.45. The van der Waals surface area contributed by atoms with Gasteiger partial charge in [-0.3, -0.25) is 9.59 Å². The van der Waals surface area contributed by atoms with Gasteiger partial charge in [-0.05, 0) is 30.9 Å². The average molecular weight is 378 g/mol. The number of benzene rings is 1. The highest BCUT2D eigenvalue weighted by Crippen LogP contribution is 2.47. The van der Waals surface area contributed by atoms with Crippen LogP contribution in [0.3, 0.4) is 0 Å². The molecule has 1 saturated carbocycles. The number of carbonyl (C=O) groups is 2. The Kier molecular flexibility index (Phi) is 5.37. The minimum Gasteiger partial charge on any atom is -0.481 e. The first-order valence-electron chi connectivity index (χ1n) is 7.94. The third kappa shape index (κ3) is 3.47. The van der Waals surface area contributed by atoms with Crippen molar-refractivity contribution >= 4 is 24.3 Å². The number of hydrogen-bond donors (Lipinski definition) is 1. The van der Waals surface area contributed by atoms with Gasteiger partial charge in [0.1, 0.15) is 0 Å². The topological polar surface area (TPSA) is 57.6 Å². The van der Waals surface area contributed by atoms with Gasteiger partial charge in [-0.25, -0.2) is 0 Å². The number of carbonyl (C=O) groups excluding carboxylic acids is 1. The molecule has 1 N–H and O–H groups in total. The van der Waals surface area contributed by atoms with Crippen LogP contribution in [0.4, 0.5) is 13.2 Å². The number of alkyl halides is 3. The lowest BCUT2D eigenvalue weighted by Gasteiger charge is -2.43. The minimum absolute atomic E-state index is 0. The van der Waals surface area contributed by atoms with Crippen LogP contribution in [0.15, 0.2) is 24.3 Å². The quantitative estimate of drug-likeness (QED) is 0.877. The van der Waals surface area contributed by atoms with Crippen molar-refractivity contribution < 1.29 is 27.9 Å². The van der Waals surface area contributed by atoms with Gasteiger partial charge in [-0.1, -0.05) is 24.6 Å². The Morgan fingerprint density at radius 2 is 1.92 bits per heavy atom. The van der Waals surface area contributed by atoms with E-state index >= 15 is 0 Å². The van der Waals surface area contributed by atoms with Crippen LogP contribution in [0, 0.1) is 5.92 Å². The first kappa shape index (κ1) is 19.6. The molecule has 1 heterocycles. The van der Waals surface area contributed by atoms with E-state index in [1.165, 1.54) is 11.0 Å². The molecule has 4 nitrogen and oxygen atoms in total. The van der Waals surface area contributed by atoms with Crippen LogP contribution >= 0.6 is 12.4 Å². The van der Waals surface area contributed by atoms with Crippen LogP contribution in [-0.4, -0.2) is 35.0 Å². The third-order valence-corrected chi connectivity index (χ3v) is 5.18. The summed E-state index contributed by atoms with van der Waals surface area (Å²) in [5, 5.41) is 9.07. The fourth-order valence-corrected chi connectivity index (χ4v) is 3.60. The maximum atomic E-state index is 13.0. The first-order chi connectivity index (χ1) is 11.2. The summed E-state index contributed by atoms with van der Waals surface area (Å²) in [6.07, 6.45) is -2.28. The molecule has 1 aliphatic heterocycles. The van der Waals surface area contributed by atoms with Crippen molar-refractivity contribution in [1.29, 1.82) is 0 Å². The standard InChI is InChI=1S/C17H18F3NO3.ClH/c18-17(19,20)13-4-1-3-12(9-13)16(6-2-7-16)15(24)21-8-5-11(10-21)14(22)23;/h1,3-4,9,11H,2,5-8,10H2,(H,22,23);1H. The summed E-state index contributed by atoms with van der Waals surface area (Å²) in [6, 6.07) is 4.95. The van der Waals surface area contributed by atoms with Gasteiger partial charge < -0.3 is 10.0 Å². The van der Waals surface area contributed by atoms with Crippen molar-refractivity contribution in [2.75, 3.05) is 13.1 Å². The Bertz CT molecular complexity index is 673. The maximum Gasteiger partial charge on any atom is 0.416 e. The summed E-state index contributed by atoms with van der Waals surface area (Å²) < 4.78 is 38.9. The molecule has 1 amide bonds. The summed E-state index contributed by atoms with van der Waals surface area (Å²) >= 11 is 0. The molecule has 1 aliphatic carbocycles. The van der Waals surface area contributed by atoms with E-state index in [1.807, 2.05) is 0 Å². The first-order valence-corrected chi connectivity index (χ1v) is 7.94. The molecule has 0 radical (unpaired) electrons. The molecular weight excluding hydrogens is 359 g/mol. The highest BCUT2D eigenvalue weighted by Gasteiger charge is 2.49. The highest BCUT2D eigenvalue weighted by molar-refractivity contribution is 5.90. The van der Waals surface area contributed by atoms with Gasteiger partial charge in [0.2, 0.25) is 5.91 Å². The van der Waals surface area contributed by atoms with Crippen molar-refractivity contribution in [3.8, 4) is 0 Å². The monoisotopic (exact) mass is 377 g/mol. The fourth-order valence-electron chi connectivity index (χ4n) is 3.60.